The van der Waals surface area contributed by atoms with Gasteiger partial charge in [0.05, 0.1) is 16.8 Å². The average molecular weight is 353 g/mol. The van der Waals surface area contributed by atoms with Crippen molar-refractivity contribution in [2.75, 3.05) is 5.73 Å². The molecule has 2 aromatic heterocycles. The van der Waals surface area contributed by atoms with E-state index in [1.807, 2.05) is 48.5 Å². The molecule has 6 nitrogen and oxygen atoms in total. The molecule has 27 heavy (non-hydrogen) atoms. The summed E-state index contributed by atoms with van der Waals surface area (Å²) in [4.78, 5) is 12.3. The van der Waals surface area contributed by atoms with Crippen LogP contribution in [0.3, 0.4) is 0 Å². The minimum absolute atomic E-state index is 0.245. The number of rotatable bonds is 2. The minimum Gasteiger partial charge on any atom is -0.382 e. The van der Waals surface area contributed by atoms with E-state index in [1.54, 1.807) is 4.68 Å². The third kappa shape index (κ3) is 2.38. The van der Waals surface area contributed by atoms with Gasteiger partial charge < -0.3 is 5.73 Å². The fourth-order valence-corrected chi connectivity index (χ4v) is 3.40. The first-order valence-corrected chi connectivity index (χ1v) is 8.54. The lowest BCUT2D eigenvalue weighted by Crippen LogP contribution is -2.10. The Morgan fingerprint density at radius 1 is 0.889 bits per heavy atom. The molecule has 0 amide bonds. The largest absolute Gasteiger partial charge is 0.382 e. The number of nitrogen functional groups attached to an aromatic ring is 1. The maximum absolute atomic E-state index is 12.3. The van der Waals surface area contributed by atoms with E-state index >= 15 is 0 Å². The van der Waals surface area contributed by atoms with Gasteiger partial charge in [0, 0.05) is 5.56 Å². The van der Waals surface area contributed by atoms with Gasteiger partial charge in [-0.25, -0.2) is 9.78 Å². The van der Waals surface area contributed by atoms with Gasteiger partial charge in [0.25, 0.3) is 5.56 Å². The number of benzene rings is 3. The number of hydrogen-bond acceptors (Lipinski definition) is 4. The molecular formula is C21H15N5O. The maximum Gasteiger partial charge on any atom is 0.292 e. The molecule has 3 N–H and O–H groups in total. The van der Waals surface area contributed by atoms with Crippen molar-refractivity contribution in [3.8, 4) is 16.9 Å². The molecule has 0 saturated carbocycles. The van der Waals surface area contributed by atoms with Crippen LogP contribution in [0.1, 0.15) is 0 Å². The molecule has 0 aliphatic rings. The molecule has 5 rings (SSSR count). The summed E-state index contributed by atoms with van der Waals surface area (Å²) < 4.78 is 1.75. The normalized spacial score (nSPS) is 11.3. The predicted octanol–water partition coefficient (Wildman–Crippen LogP) is 3.51. The third-order valence-electron chi connectivity index (χ3n) is 4.66. The van der Waals surface area contributed by atoms with E-state index < -0.39 is 0 Å². The summed E-state index contributed by atoms with van der Waals surface area (Å²) in [5.74, 6) is 0.245. The van der Waals surface area contributed by atoms with Crippen LogP contribution in [0.4, 0.5) is 5.82 Å². The number of fused-ring (bicyclic) bond motifs is 2. The first-order valence-electron chi connectivity index (χ1n) is 8.54. The molecule has 2 heterocycles. The number of hydrogen-bond donors (Lipinski definition) is 2. The Labute approximate surface area is 153 Å². The fraction of sp³-hybridized carbons (Fsp3) is 0. The van der Waals surface area contributed by atoms with Crippen molar-refractivity contribution in [2.45, 2.75) is 0 Å². The third-order valence-corrected chi connectivity index (χ3v) is 4.66. The van der Waals surface area contributed by atoms with Crippen molar-refractivity contribution in [1.82, 2.24) is 20.0 Å². The van der Waals surface area contributed by atoms with E-state index in [2.05, 4.69) is 39.6 Å². The number of aromatic amines is 1. The smallest absolute Gasteiger partial charge is 0.292 e. The zero-order valence-electron chi connectivity index (χ0n) is 14.3. The van der Waals surface area contributed by atoms with Crippen molar-refractivity contribution in [2.24, 2.45) is 0 Å². The van der Waals surface area contributed by atoms with Crippen molar-refractivity contribution >= 4 is 27.5 Å². The summed E-state index contributed by atoms with van der Waals surface area (Å²) in [6.45, 7) is 0. The molecule has 0 aliphatic carbocycles. The molecule has 0 unspecified atom stereocenters. The molecule has 6 heteroatoms. The zero-order valence-corrected chi connectivity index (χ0v) is 14.3. The Morgan fingerprint density at radius 3 is 2.44 bits per heavy atom. The average Bonchev–Trinajstić information content (AvgIpc) is 3.13. The Bertz CT molecular complexity index is 1350. The first kappa shape index (κ1) is 15.3. The van der Waals surface area contributed by atoms with Crippen LogP contribution in [0.25, 0.3) is 38.6 Å². The van der Waals surface area contributed by atoms with Crippen molar-refractivity contribution in [3.05, 3.63) is 83.2 Å². The Morgan fingerprint density at radius 2 is 1.63 bits per heavy atom. The molecule has 0 saturated heterocycles. The summed E-state index contributed by atoms with van der Waals surface area (Å²) in [7, 11) is 0. The number of anilines is 1. The standard InChI is InChI=1S/C21H15N5O/c22-20-17-18(21(27)24-23-20)25-26(16-8-2-1-3-9-16)19(17)15-11-10-13-6-4-5-7-14(13)12-15/h1-12H,(H2,22,23)(H,24,27). The quantitative estimate of drug-likeness (QED) is 0.508. The highest BCUT2D eigenvalue weighted by Gasteiger charge is 2.20. The number of H-pyrrole nitrogens is 1. The van der Waals surface area contributed by atoms with E-state index in [4.69, 9.17) is 5.73 Å². The fourth-order valence-electron chi connectivity index (χ4n) is 3.40. The van der Waals surface area contributed by atoms with Crippen molar-refractivity contribution in [1.29, 1.82) is 0 Å². The lowest BCUT2D eigenvalue weighted by Gasteiger charge is -2.09. The van der Waals surface area contributed by atoms with Crippen LogP contribution in [-0.4, -0.2) is 20.0 Å². The zero-order chi connectivity index (χ0) is 18.4. The second-order valence-corrected chi connectivity index (χ2v) is 6.32. The number of nitrogens with zero attached hydrogens (tertiary/aromatic N) is 3. The van der Waals surface area contributed by atoms with Crippen LogP contribution in [0.15, 0.2) is 77.6 Å². The van der Waals surface area contributed by atoms with Gasteiger partial charge in [0.15, 0.2) is 11.3 Å². The molecule has 0 fully saturated rings. The number of nitrogens with one attached hydrogen (secondary N) is 1. The van der Waals surface area contributed by atoms with Gasteiger partial charge in [-0.3, -0.25) is 4.79 Å². The maximum atomic E-state index is 12.3. The van der Waals surface area contributed by atoms with E-state index in [1.165, 1.54) is 0 Å². The molecule has 0 aliphatic heterocycles. The molecule has 0 bridgehead atoms. The predicted molar refractivity (Wildman–Crippen MR) is 107 cm³/mol. The van der Waals surface area contributed by atoms with Gasteiger partial charge in [-0.05, 0) is 29.0 Å². The highest BCUT2D eigenvalue weighted by Crippen LogP contribution is 2.33. The molecule has 0 radical (unpaired) electrons. The van der Waals surface area contributed by atoms with Gasteiger partial charge in [-0.15, -0.1) is 0 Å². The Balaban J connectivity index is 1.91. The monoisotopic (exact) mass is 353 g/mol. The van der Waals surface area contributed by atoms with Gasteiger partial charge in [-0.1, -0.05) is 54.6 Å². The van der Waals surface area contributed by atoms with E-state index in [-0.39, 0.29) is 16.9 Å². The number of aromatic nitrogens is 4. The summed E-state index contributed by atoms with van der Waals surface area (Å²) in [5.41, 5.74) is 8.55. The van der Waals surface area contributed by atoms with Gasteiger partial charge in [-0.2, -0.15) is 10.2 Å². The summed E-state index contributed by atoms with van der Waals surface area (Å²) in [6, 6.07) is 23.9. The lowest BCUT2D eigenvalue weighted by molar-refractivity contribution is 0.898. The van der Waals surface area contributed by atoms with Crippen LogP contribution >= 0.6 is 0 Å². The molecule has 0 atom stereocenters. The Kier molecular flexibility index (Phi) is 3.30. The molecular weight excluding hydrogens is 338 g/mol. The highest BCUT2D eigenvalue weighted by molar-refractivity contribution is 6.01. The van der Waals surface area contributed by atoms with Crippen LogP contribution in [0, 0.1) is 0 Å². The van der Waals surface area contributed by atoms with Crippen LogP contribution in [-0.2, 0) is 0 Å². The van der Waals surface area contributed by atoms with Crippen LogP contribution in [0.5, 0.6) is 0 Å². The van der Waals surface area contributed by atoms with Gasteiger partial charge in [0.1, 0.15) is 0 Å². The van der Waals surface area contributed by atoms with Gasteiger partial charge in [0.2, 0.25) is 0 Å². The van der Waals surface area contributed by atoms with Crippen molar-refractivity contribution in [3.63, 3.8) is 0 Å². The van der Waals surface area contributed by atoms with Gasteiger partial charge >= 0.3 is 0 Å². The molecule has 3 aromatic carbocycles. The molecule has 5 aromatic rings. The summed E-state index contributed by atoms with van der Waals surface area (Å²) >= 11 is 0. The SMILES string of the molecule is Nc1n[nH]c(=O)c2nn(-c3ccccc3)c(-c3ccc4ccccc4c3)c12. The number of nitrogens with two attached hydrogens (primary N) is 1. The molecule has 0 spiro atoms. The Hall–Kier alpha value is -3.93. The van der Waals surface area contributed by atoms with E-state index in [0.29, 0.717) is 5.39 Å². The first-order chi connectivity index (χ1) is 13.2. The summed E-state index contributed by atoms with van der Waals surface area (Å²) in [6.07, 6.45) is 0. The second kappa shape index (κ2) is 5.81. The molecule has 130 valence electrons. The van der Waals surface area contributed by atoms with Crippen molar-refractivity contribution < 1.29 is 0 Å². The lowest BCUT2D eigenvalue weighted by atomic mass is 10.0. The van der Waals surface area contributed by atoms with E-state index in [0.717, 1.165) is 27.7 Å². The topological polar surface area (TPSA) is 89.6 Å². The van der Waals surface area contributed by atoms with E-state index in [9.17, 15) is 4.79 Å². The number of para-hydroxylation sites is 1. The minimum atomic E-state index is -0.365. The second-order valence-electron chi connectivity index (χ2n) is 6.32. The van der Waals surface area contributed by atoms with Crippen LogP contribution in [0.2, 0.25) is 0 Å². The van der Waals surface area contributed by atoms with Crippen LogP contribution < -0.4 is 11.3 Å². The highest BCUT2D eigenvalue weighted by atomic mass is 16.1. The summed E-state index contributed by atoms with van der Waals surface area (Å²) in [5, 5.41) is 13.7.